The van der Waals surface area contributed by atoms with E-state index in [4.69, 9.17) is 0 Å². The predicted octanol–water partition coefficient (Wildman–Crippen LogP) is 8.01. The maximum absolute atomic E-state index is 14.0. The van der Waals surface area contributed by atoms with Gasteiger partial charge in [-0.05, 0) is 23.8 Å². The van der Waals surface area contributed by atoms with E-state index in [2.05, 4.69) is 51.8 Å². The summed E-state index contributed by atoms with van der Waals surface area (Å²) < 4.78 is 32.2. The molecule has 0 amide bonds. The third-order valence-corrected chi connectivity index (χ3v) is 4.26. The van der Waals surface area contributed by atoms with Crippen LogP contribution in [0, 0.1) is 11.8 Å². The summed E-state index contributed by atoms with van der Waals surface area (Å²) in [7, 11) is 1.22. The summed E-state index contributed by atoms with van der Waals surface area (Å²) in [5, 5.41) is 0. The first-order valence-corrected chi connectivity index (χ1v) is 9.19. The van der Waals surface area contributed by atoms with Crippen molar-refractivity contribution in [1.29, 1.82) is 0 Å². The molecule has 0 spiro atoms. The van der Waals surface area contributed by atoms with Crippen LogP contribution in [0.4, 0.5) is 8.78 Å². The highest BCUT2D eigenvalue weighted by molar-refractivity contribution is 5.49. The molecule has 2 atom stereocenters. The molecule has 0 rings (SSSR count). The lowest BCUT2D eigenvalue weighted by Gasteiger charge is -2.15. The summed E-state index contributed by atoms with van der Waals surface area (Å²) in [6.45, 7) is 25.1. The summed E-state index contributed by atoms with van der Waals surface area (Å²) in [6, 6.07) is 0. The fourth-order valence-corrected chi connectivity index (χ4v) is 1.88. The van der Waals surface area contributed by atoms with Gasteiger partial charge in [0.05, 0.1) is 7.11 Å². The molecule has 26 heavy (non-hydrogen) atoms. The molecule has 0 aromatic rings. The van der Waals surface area contributed by atoms with Gasteiger partial charge < -0.3 is 4.74 Å². The van der Waals surface area contributed by atoms with E-state index in [1.54, 1.807) is 12.2 Å². The fourth-order valence-electron chi connectivity index (χ4n) is 1.88. The van der Waals surface area contributed by atoms with E-state index >= 15 is 0 Å². The second-order valence-electron chi connectivity index (χ2n) is 6.16. The lowest BCUT2D eigenvalue weighted by atomic mass is 9.91. The van der Waals surface area contributed by atoms with Crippen LogP contribution in [0.1, 0.15) is 53.9 Å². The molecule has 0 radical (unpaired) electrons. The van der Waals surface area contributed by atoms with Gasteiger partial charge in [0.2, 0.25) is 5.83 Å². The quantitative estimate of drug-likeness (QED) is 0.266. The molecule has 2 unspecified atom stereocenters. The van der Waals surface area contributed by atoms with Gasteiger partial charge in [-0.25, -0.2) is 4.39 Å². The van der Waals surface area contributed by atoms with Gasteiger partial charge in [-0.1, -0.05) is 91.5 Å². The Morgan fingerprint density at radius 2 is 1.50 bits per heavy atom. The van der Waals surface area contributed by atoms with Crippen molar-refractivity contribution in [2.24, 2.45) is 11.8 Å². The number of ether oxygens (including phenoxy) is 1. The zero-order chi connectivity index (χ0) is 20.9. The monoisotopic (exact) mass is 366 g/mol. The van der Waals surface area contributed by atoms with E-state index in [1.165, 1.54) is 7.11 Å². The van der Waals surface area contributed by atoms with Crippen LogP contribution < -0.4 is 0 Å². The van der Waals surface area contributed by atoms with Crippen LogP contribution in [0.25, 0.3) is 0 Å². The molecule has 0 heterocycles. The van der Waals surface area contributed by atoms with Gasteiger partial charge in [-0.15, -0.1) is 0 Å². The van der Waals surface area contributed by atoms with E-state index in [1.807, 2.05) is 13.8 Å². The third kappa shape index (κ3) is 9.55. The van der Waals surface area contributed by atoms with Crippen molar-refractivity contribution in [2.75, 3.05) is 7.11 Å². The second-order valence-corrected chi connectivity index (χ2v) is 6.16. The van der Waals surface area contributed by atoms with Gasteiger partial charge in [0.25, 0.3) is 0 Å². The number of allylic oxidation sites excluding steroid dienone is 7. The predicted molar refractivity (Wildman–Crippen MR) is 111 cm³/mol. The van der Waals surface area contributed by atoms with Crippen molar-refractivity contribution >= 4 is 0 Å². The zero-order valence-corrected chi connectivity index (χ0v) is 17.4. The number of hydrogen-bond acceptors (Lipinski definition) is 1. The summed E-state index contributed by atoms with van der Waals surface area (Å²) in [6.07, 6.45) is 6.73. The van der Waals surface area contributed by atoms with E-state index in [9.17, 15) is 8.78 Å². The van der Waals surface area contributed by atoms with E-state index in [-0.39, 0.29) is 16.9 Å². The van der Waals surface area contributed by atoms with Crippen molar-refractivity contribution in [1.82, 2.24) is 0 Å². The Kier molecular flexibility index (Phi) is 14.5. The molecule has 0 aromatic heterocycles. The number of halogens is 2. The summed E-state index contributed by atoms with van der Waals surface area (Å²) >= 11 is 0. The minimum Gasteiger partial charge on any atom is -0.494 e. The Morgan fingerprint density at radius 3 is 1.96 bits per heavy atom. The molecular formula is C23H36F2O. The molecule has 0 N–H and O–H groups in total. The molecule has 0 saturated carbocycles. The maximum atomic E-state index is 14.0. The van der Waals surface area contributed by atoms with Gasteiger partial charge >= 0.3 is 0 Å². The van der Waals surface area contributed by atoms with Gasteiger partial charge in [0, 0.05) is 5.57 Å². The van der Waals surface area contributed by atoms with E-state index in [0.29, 0.717) is 11.8 Å². The average Bonchev–Trinajstić information content (AvgIpc) is 2.68. The van der Waals surface area contributed by atoms with Crippen LogP contribution in [-0.4, -0.2) is 7.11 Å². The van der Waals surface area contributed by atoms with Gasteiger partial charge in [0.15, 0.2) is 5.83 Å². The van der Waals surface area contributed by atoms with E-state index < -0.39 is 11.7 Å². The van der Waals surface area contributed by atoms with Crippen molar-refractivity contribution < 1.29 is 13.5 Å². The Hall–Kier alpha value is -1.90. The third-order valence-electron chi connectivity index (χ3n) is 4.26. The normalized spacial score (nSPS) is 13.8. The highest BCUT2D eigenvalue weighted by Gasteiger charge is 2.15. The number of rotatable bonds is 11. The fraction of sp³-hybridized carbons (Fsp3) is 0.478. The Balaban J connectivity index is 0. The molecule has 0 aliphatic carbocycles. The van der Waals surface area contributed by atoms with Crippen LogP contribution in [0.5, 0.6) is 0 Å². The molecule has 1 nitrogen and oxygen atoms in total. The molecule has 0 aliphatic heterocycles. The van der Waals surface area contributed by atoms with Crippen molar-refractivity contribution in [3.63, 3.8) is 0 Å². The zero-order valence-electron chi connectivity index (χ0n) is 17.4. The van der Waals surface area contributed by atoms with Crippen molar-refractivity contribution in [2.45, 2.75) is 53.9 Å². The standard InChI is InChI=1S/C21H30F2O.C2H6/c1-9-14(2)10-11-15(3)16(4)12-13-17(5)18(6)20(22)21(23)19(7)24-8;1-2/h12-15H,4-7,9-11H2,1-3,8H3;1-2H3/b13-12-,21-20-;. The molecule has 0 fully saturated rings. The van der Waals surface area contributed by atoms with Crippen LogP contribution in [0.3, 0.4) is 0 Å². The Morgan fingerprint density at radius 1 is 0.962 bits per heavy atom. The van der Waals surface area contributed by atoms with Crippen molar-refractivity contribution in [3.05, 3.63) is 72.6 Å². The van der Waals surface area contributed by atoms with Gasteiger partial charge in [0.1, 0.15) is 5.76 Å². The molecule has 3 heteroatoms. The number of methoxy groups -OCH3 is 1. The molecule has 0 aromatic carbocycles. The first-order chi connectivity index (χ1) is 12.1. The van der Waals surface area contributed by atoms with Crippen LogP contribution >= 0.6 is 0 Å². The van der Waals surface area contributed by atoms with Crippen molar-refractivity contribution in [3.8, 4) is 0 Å². The lowest BCUT2D eigenvalue weighted by Crippen LogP contribution is -2.01. The van der Waals surface area contributed by atoms with Gasteiger partial charge in [-0.3, -0.25) is 0 Å². The summed E-state index contributed by atoms with van der Waals surface area (Å²) in [4.78, 5) is 0. The molecule has 148 valence electrons. The largest absolute Gasteiger partial charge is 0.494 e. The highest BCUT2D eigenvalue weighted by atomic mass is 19.2. The van der Waals surface area contributed by atoms with Crippen LogP contribution in [-0.2, 0) is 4.74 Å². The summed E-state index contributed by atoms with van der Waals surface area (Å²) in [5.41, 5.74) is 1.07. The number of hydrogen-bond donors (Lipinski definition) is 0. The van der Waals surface area contributed by atoms with E-state index in [0.717, 1.165) is 24.8 Å². The lowest BCUT2D eigenvalue weighted by molar-refractivity contribution is 0.281. The maximum Gasteiger partial charge on any atom is 0.200 e. The summed E-state index contributed by atoms with van der Waals surface area (Å²) in [5.74, 6) is -1.66. The highest BCUT2D eigenvalue weighted by Crippen LogP contribution is 2.27. The Labute approximate surface area is 159 Å². The van der Waals surface area contributed by atoms with Crippen LogP contribution in [0.15, 0.2) is 72.6 Å². The molecule has 0 saturated heterocycles. The smallest absolute Gasteiger partial charge is 0.200 e. The average molecular weight is 367 g/mol. The minimum atomic E-state index is -1.17. The molecule has 0 aliphatic rings. The van der Waals surface area contributed by atoms with Gasteiger partial charge in [-0.2, -0.15) is 4.39 Å². The molecular weight excluding hydrogens is 330 g/mol. The SMILES string of the molecule is C=C(/C=C\C(=C)C(C)CCC(C)CC)C(=C)/C(F)=C(/F)C(=C)OC.CC. The second kappa shape index (κ2) is 14.3. The first-order valence-electron chi connectivity index (χ1n) is 9.19. The first kappa shape index (κ1) is 26.3. The minimum absolute atomic E-state index is 0.137. The molecule has 0 bridgehead atoms. The Bertz CT molecular complexity index is 553. The topological polar surface area (TPSA) is 9.23 Å². The van der Waals surface area contributed by atoms with Crippen LogP contribution in [0.2, 0.25) is 0 Å².